The minimum atomic E-state index is 0.640. The van der Waals surface area contributed by atoms with Gasteiger partial charge >= 0.3 is 0 Å². The second-order valence-electron chi connectivity index (χ2n) is 13.7. The largest absolute Gasteiger partial charge is 0.333 e. The van der Waals surface area contributed by atoms with E-state index in [-0.39, 0.29) is 0 Å². The summed E-state index contributed by atoms with van der Waals surface area (Å²) in [5.41, 5.74) is 25.8. The van der Waals surface area contributed by atoms with Crippen LogP contribution in [0.5, 0.6) is 0 Å². The van der Waals surface area contributed by atoms with Crippen LogP contribution in [0.15, 0.2) is 194 Å². The first kappa shape index (κ1) is 50.1. The maximum atomic E-state index is 5.35. The molecule has 4 N–H and O–H groups in total. The summed E-state index contributed by atoms with van der Waals surface area (Å²) in [6.45, 7) is 19.5. The molecule has 0 heterocycles. The van der Waals surface area contributed by atoms with Crippen LogP contribution in [0.3, 0.4) is 0 Å². The van der Waals surface area contributed by atoms with Gasteiger partial charge in [-0.15, -0.1) is 0 Å². The predicted octanol–water partition coefficient (Wildman–Crippen LogP) is 15.5. The molecular weight excluding hydrogens is 725 g/mol. The summed E-state index contributed by atoms with van der Waals surface area (Å²) in [7, 11) is 1.50. The number of rotatable bonds is 5. The Balaban J connectivity index is 0.000000287. The van der Waals surface area contributed by atoms with Gasteiger partial charge in [0.25, 0.3) is 0 Å². The molecule has 0 aliphatic rings. The first-order valence-electron chi connectivity index (χ1n) is 21.4. The van der Waals surface area contributed by atoms with Crippen LogP contribution < -0.4 is 11.5 Å². The van der Waals surface area contributed by atoms with Gasteiger partial charge in [0.2, 0.25) is 0 Å². The highest BCUT2D eigenvalue weighted by Crippen LogP contribution is 2.34. The van der Waals surface area contributed by atoms with Crippen molar-refractivity contribution in [3.05, 3.63) is 239 Å². The van der Waals surface area contributed by atoms with Crippen molar-refractivity contribution in [2.45, 2.75) is 75.3 Å². The van der Waals surface area contributed by atoms with Crippen molar-refractivity contribution in [1.29, 1.82) is 0 Å². The lowest BCUT2D eigenvalue weighted by Crippen LogP contribution is -1.94. The Bertz CT molecular complexity index is 2320. The van der Waals surface area contributed by atoms with Crippen LogP contribution in [0.2, 0.25) is 0 Å². The zero-order valence-electron chi connectivity index (χ0n) is 38.0. The topological polar surface area (TPSA) is 52.0 Å². The summed E-state index contributed by atoms with van der Waals surface area (Å²) in [6, 6.07) is 67.8. The molecule has 2 nitrogen and oxygen atoms in total. The van der Waals surface area contributed by atoms with Crippen molar-refractivity contribution in [2.24, 2.45) is 11.5 Å². The van der Waals surface area contributed by atoms with Gasteiger partial charge in [-0.3, -0.25) is 0 Å². The van der Waals surface area contributed by atoms with Crippen molar-refractivity contribution in [1.82, 2.24) is 0 Å². The fourth-order valence-electron chi connectivity index (χ4n) is 6.52. The summed E-state index contributed by atoms with van der Waals surface area (Å²) in [5, 5.41) is 2.68. The standard InChI is InChI=1S/C22H22.C17H14.C7H9N.C7H8.2C2H6.CH5N/c1-15-8-7-10-19(14-15)21-12-13-22(18(4)17(21)3)20-11-6-5-9-16(20)2;1-2-7-14(8-3-1)13-16-11-6-10-15-9-4-5-12-17(15)16;8-6-7-4-2-1-3-5-7;1-7-5-3-2-4-6-7;3*1-2/h5-14H,1-4H3;1-12H,13H2;1-5H,6,8H2;2-6H,1H3;2*1-2H3;2H2,1H3. The lowest BCUT2D eigenvalue weighted by molar-refractivity contribution is 1.07. The van der Waals surface area contributed by atoms with Gasteiger partial charge in [-0.1, -0.05) is 233 Å². The highest BCUT2D eigenvalue weighted by atomic mass is 14.5. The smallest absolute Gasteiger partial charge is 0.0178 e. The second-order valence-corrected chi connectivity index (χ2v) is 13.7. The molecule has 0 spiro atoms. The molecular formula is C58H70N2. The quantitative estimate of drug-likeness (QED) is 0.182. The van der Waals surface area contributed by atoms with E-state index in [9.17, 15) is 0 Å². The monoisotopic (exact) mass is 795 g/mol. The van der Waals surface area contributed by atoms with Gasteiger partial charge in [-0.2, -0.15) is 0 Å². The molecule has 0 saturated heterocycles. The van der Waals surface area contributed by atoms with E-state index in [0.717, 1.165) is 6.42 Å². The van der Waals surface area contributed by atoms with Gasteiger partial charge < -0.3 is 11.5 Å². The summed E-state index contributed by atoms with van der Waals surface area (Å²) in [5.74, 6) is 0. The van der Waals surface area contributed by atoms with Crippen LogP contribution >= 0.6 is 0 Å². The van der Waals surface area contributed by atoms with Crippen LogP contribution in [-0.2, 0) is 13.0 Å². The Morgan fingerprint density at radius 2 is 0.850 bits per heavy atom. The minimum Gasteiger partial charge on any atom is -0.333 e. The number of hydrogen-bond acceptors (Lipinski definition) is 2. The van der Waals surface area contributed by atoms with Crippen molar-refractivity contribution in [2.75, 3.05) is 7.05 Å². The molecule has 0 aliphatic carbocycles. The third kappa shape index (κ3) is 16.3. The molecule has 60 heavy (non-hydrogen) atoms. The molecule has 0 amide bonds. The SMILES string of the molecule is CC.CC.CN.Cc1cccc(-c2ccc(-c3ccccc3C)c(C)c2C)c1.Cc1ccccc1.NCc1ccccc1.c1ccc(Cc2cccc3ccccc23)cc1. The van der Waals surface area contributed by atoms with E-state index >= 15 is 0 Å². The van der Waals surface area contributed by atoms with Crippen LogP contribution in [0, 0.1) is 34.6 Å². The summed E-state index contributed by atoms with van der Waals surface area (Å²) < 4.78 is 0. The Morgan fingerprint density at radius 1 is 0.383 bits per heavy atom. The number of hydrogen-bond donors (Lipinski definition) is 2. The van der Waals surface area contributed by atoms with Gasteiger partial charge in [0.15, 0.2) is 0 Å². The highest BCUT2D eigenvalue weighted by Gasteiger charge is 2.11. The minimum absolute atomic E-state index is 0.640. The third-order valence-electron chi connectivity index (χ3n) is 9.69. The van der Waals surface area contributed by atoms with E-state index in [0.29, 0.717) is 6.54 Å². The number of aryl methyl sites for hydroxylation is 3. The zero-order valence-corrected chi connectivity index (χ0v) is 38.0. The van der Waals surface area contributed by atoms with E-state index in [1.807, 2.05) is 76.2 Å². The van der Waals surface area contributed by atoms with Crippen LogP contribution in [0.1, 0.15) is 72.2 Å². The number of nitrogens with two attached hydrogens (primary N) is 2. The van der Waals surface area contributed by atoms with Crippen LogP contribution in [-0.4, -0.2) is 7.05 Å². The summed E-state index contributed by atoms with van der Waals surface area (Å²) in [4.78, 5) is 0. The molecule has 0 aliphatic heterocycles. The molecule has 0 bridgehead atoms. The van der Waals surface area contributed by atoms with Gasteiger partial charge in [-0.05, 0) is 114 Å². The van der Waals surface area contributed by atoms with E-state index in [1.165, 1.54) is 84.6 Å². The van der Waals surface area contributed by atoms with E-state index in [2.05, 4.69) is 186 Å². The van der Waals surface area contributed by atoms with Crippen molar-refractivity contribution < 1.29 is 0 Å². The summed E-state index contributed by atoms with van der Waals surface area (Å²) >= 11 is 0. The molecule has 0 aromatic heterocycles. The molecule has 0 atom stereocenters. The van der Waals surface area contributed by atoms with E-state index in [4.69, 9.17) is 5.73 Å². The Labute approximate surface area is 364 Å². The molecule has 0 radical (unpaired) electrons. The maximum Gasteiger partial charge on any atom is 0.0178 e. The van der Waals surface area contributed by atoms with E-state index in [1.54, 1.807) is 0 Å². The first-order valence-corrected chi connectivity index (χ1v) is 21.4. The van der Waals surface area contributed by atoms with Crippen molar-refractivity contribution >= 4 is 10.8 Å². The van der Waals surface area contributed by atoms with Gasteiger partial charge in [0.05, 0.1) is 0 Å². The zero-order chi connectivity index (χ0) is 44.1. The Morgan fingerprint density at radius 3 is 1.40 bits per heavy atom. The molecule has 8 rings (SSSR count). The molecule has 312 valence electrons. The van der Waals surface area contributed by atoms with E-state index < -0.39 is 0 Å². The fraction of sp³-hybridized carbons (Fsp3) is 0.207. The number of benzene rings is 8. The van der Waals surface area contributed by atoms with Crippen molar-refractivity contribution in [3.8, 4) is 22.3 Å². The van der Waals surface area contributed by atoms with Gasteiger partial charge in [0.1, 0.15) is 0 Å². The van der Waals surface area contributed by atoms with Crippen LogP contribution in [0.4, 0.5) is 0 Å². The second kappa shape index (κ2) is 29.2. The lowest BCUT2D eigenvalue weighted by Gasteiger charge is -2.16. The molecule has 0 saturated carbocycles. The Kier molecular flexibility index (Phi) is 24.4. The number of fused-ring (bicyclic) bond motifs is 1. The summed E-state index contributed by atoms with van der Waals surface area (Å²) in [6.07, 6.45) is 1.00. The maximum absolute atomic E-state index is 5.35. The average Bonchev–Trinajstić information content (AvgIpc) is 3.31. The average molecular weight is 795 g/mol. The van der Waals surface area contributed by atoms with Crippen LogP contribution in [0.25, 0.3) is 33.0 Å². The van der Waals surface area contributed by atoms with Gasteiger partial charge in [-0.25, -0.2) is 0 Å². The fourth-order valence-corrected chi connectivity index (χ4v) is 6.52. The Hall–Kier alpha value is -6.06. The molecule has 8 aromatic rings. The predicted molar refractivity (Wildman–Crippen MR) is 268 cm³/mol. The molecule has 2 heteroatoms. The highest BCUT2D eigenvalue weighted by molar-refractivity contribution is 5.86. The molecule has 0 unspecified atom stereocenters. The lowest BCUT2D eigenvalue weighted by atomic mass is 9.89. The van der Waals surface area contributed by atoms with Gasteiger partial charge in [0, 0.05) is 6.54 Å². The molecule has 8 aromatic carbocycles. The normalized spacial score (nSPS) is 9.47. The third-order valence-corrected chi connectivity index (χ3v) is 9.69. The molecule has 0 fully saturated rings. The first-order chi connectivity index (χ1) is 29.3. The van der Waals surface area contributed by atoms with Crippen molar-refractivity contribution in [3.63, 3.8) is 0 Å².